The highest BCUT2D eigenvalue weighted by Crippen LogP contribution is 2.41. The van der Waals surface area contributed by atoms with E-state index in [1.54, 1.807) is 0 Å². The molecule has 2 aliphatic rings. The van der Waals surface area contributed by atoms with Gasteiger partial charge in [0.1, 0.15) is 6.17 Å². The molecule has 0 radical (unpaired) electrons. The Balaban J connectivity index is 1.74. The van der Waals surface area contributed by atoms with Crippen molar-refractivity contribution in [1.29, 1.82) is 0 Å². The van der Waals surface area contributed by atoms with Gasteiger partial charge in [-0.1, -0.05) is 29.8 Å². The van der Waals surface area contributed by atoms with Crippen LogP contribution >= 0.6 is 11.6 Å². The van der Waals surface area contributed by atoms with Crippen molar-refractivity contribution in [3.63, 3.8) is 0 Å². The molecule has 3 heterocycles. The van der Waals surface area contributed by atoms with Crippen molar-refractivity contribution in [2.24, 2.45) is 0 Å². The lowest BCUT2D eigenvalue weighted by Gasteiger charge is -2.46. The number of amides is 1. The van der Waals surface area contributed by atoms with E-state index in [0.29, 0.717) is 6.54 Å². The van der Waals surface area contributed by atoms with Crippen molar-refractivity contribution >= 4 is 34.1 Å². The highest BCUT2D eigenvalue weighted by atomic mass is 35.5. The second-order valence-electron chi connectivity index (χ2n) is 6.42. The fourth-order valence-electron chi connectivity index (χ4n) is 4.07. The molecule has 0 N–H and O–H groups in total. The van der Waals surface area contributed by atoms with Gasteiger partial charge in [-0.05, 0) is 30.3 Å². The van der Waals surface area contributed by atoms with E-state index in [1.165, 1.54) is 0 Å². The minimum atomic E-state index is -0.0766. The Morgan fingerprint density at radius 2 is 1.92 bits per heavy atom. The first-order valence-electron chi connectivity index (χ1n) is 8.07. The summed E-state index contributed by atoms with van der Waals surface area (Å²) in [6, 6.07) is 16.0. The Hall–Kier alpha value is -2.46. The number of para-hydroxylation sites is 1. The number of carbonyl (C=O) groups excluding carboxylic acids is 1. The Morgan fingerprint density at radius 1 is 1.08 bits per heavy atom. The summed E-state index contributed by atoms with van der Waals surface area (Å²) >= 11 is 6.19. The van der Waals surface area contributed by atoms with E-state index in [2.05, 4.69) is 22.6 Å². The second-order valence-corrected chi connectivity index (χ2v) is 6.86. The standard InChI is InChI=1S/C19H16ClN3O/c1-21-15-5-3-2-4-14(15)19(24)23-9-8-22-16-11-13(20)7-6-12(16)10-17(22)18(21)23/h2-7,10-11,18H,8-9H2,1H3. The lowest BCUT2D eigenvalue weighted by Crippen LogP contribution is -2.52. The number of fused-ring (bicyclic) bond motifs is 6. The molecule has 0 saturated carbocycles. The van der Waals surface area contributed by atoms with Crippen LogP contribution in [0.4, 0.5) is 5.69 Å². The van der Waals surface area contributed by atoms with E-state index >= 15 is 0 Å². The molecule has 5 heteroatoms. The Morgan fingerprint density at radius 3 is 2.79 bits per heavy atom. The zero-order chi connectivity index (χ0) is 16.4. The molecule has 5 rings (SSSR count). The summed E-state index contributed by atoms with van der Waals surface area (Å²) in [5, 5.41) is 1.90. The van der Waals surface area contributed by atoms with Crippen molar-refractivity contribution in [2.45, 2.75) is 12.7 Å². The molecule has 4 nitrogen and oxygen atoms in total. The minimum absolute atomic E-state index is 0.0766. The highest BCUT2D eigenvalue weighted by Gasteiger charge is 2.40. The van der Waals surface area contributed by atoms with Gasteiger partial charge in [-0.2, -0.15) is 0 Å². The van der Waals surface area contributed by atoms with Crippen LogP contribution in [0.25, 0.3) is 10.9 Å². The van der Waals surface area contributed by atoms with Gasteiger partial charge in [0.05, 0.1) is 16.9 Å². The summed E-state index contributed by atoms with van der Waals surface area (Å²) < 4.78 is 2.29. The number of halogens is 1. The van der Waals surface area contributed by atoms with Crippen LogP contribution in [0.2, 0.25) is 5.02 Å². The van der Waals surface area contributed by atoms with Gasteiger partial charge in [-0.25, -0.2) is 0 Å². The number of anilines is 1. The summed E-state index contributed by atoms with van der Waals surface area (Å²) in [6.45, 7) is 1.49. The van der Waals surface area contributed by atoms with E-state index < -0.39 is 0 Å². The van der Waals surface area contributed by atoms with Crippen LogP contribution in [0.1, 0.15) is 22.2 Å². The first-order chi connectivity index (χ1) is 11.6. The first-order valence-corrected chi connectivity index (χ1v) is 8.44. The van der Waals surface area contributed by atoms with Gasteiger partial charge in [0.2, 0.25) is 0 Å². The van der Waals surface area contributed by atoms with Crippen molar-refractivity contribution in [2.75, 3.05) is 18.5 Å². The molecular formula is C19H16ClN3O. The van der Waals surface area contributed by atoms with Crippen LogP contribution in [0.5, 0.6) is 0 Å². The number of rotatable bonds is 0. The molecule has 0 fully saturated rings. The third-order valence-electron chi connectivity index (χ3n) is 5.16. The SMILES string of the molecule is CN1c2ccccc2C(=O)N2CCn3c(cc4ccc(Cl)cc43)C21. The molecule has 1 unspecified atom stereocenters. The molecule has 1 aromatic heterocycles. The Kier molecular flexibility index (Phi) is 2.77. The largest absolute Gasteiger partial charge is 0.349 e. The average molecular weight is 338 g/mol. The van der Waals surface area contributed by atoms with E-state index in [-0.39, 0.29) is 12.1 Å². The normalized spacial score (nSPS) is 19.2. The third kappa shape index (κ3) is 1.72. The quantitative estimate of drug-likeness (QED) is 0.622. The average Bonchev–Trinajstić information content (AvgIpc) is 2.97. The smallest absolute Gasteiger partial charge is 0.257 e. The monoisotopic (exact) mass is 337 g/mol. The molecule has 24 heavy (non-hydrogen) atoms. The van der Waals surface area contributed by atoms with Crippen LogP contribution in [0.3, 0.4) is 0 Å². The molecule has 120 valence electrons. The summed E-state index contributed by atoms with van der Waals surface area (Å²) in [6.07, 6.45) is -0.0766. The van der Waals surface area contributed by atoms with Crippen molar-refractivity contribution < 1.29 is 4.79 Å². The third-order valence-corrected chi connectivity index (χ3v) is 5.40. The molecule has 0 bridgehead atoms. The van der Waals surface area contributed by atoms with Gasteiger partial charge >= 0.3 is 0 Å². The van der Waals surface area contributed by atoms with Crippen LogP contribution in [0.15, 0.2) is 48.5 Å². The molecule has 0 aliphatic carbocycles. The van der Waals surface area contributed by atoms with Crippen molar-refractivity contribution in [3.8, 4) is 0 Å². The molecule has 2 aromatic carbocycles. The highest BCUT2D eigenvalue weighted by molar-refractivity contribution is 6.31. The van der Waals surface area contributed by atoms with Gasteiger partial charge in [-0.3, -0.25) is 4.79 Å². The van der Waals surface area contributed by atoms with Gasteiger partial charge < -0.3 is 14.4 Å². The fraction of sp³-hybridized carbons (Fsp3) is 0.211. The molecule has 0 spiro atoms. The van der Waals surface area contributed by atoms with Crippen LogP contribution in [-0.2, 0) is 6.54 Å². The van der Waals surface area contributed by atoms with Crippen molar-refractivity contribution in [1.82, 2.24) is 9.47 Å². The minimum Gasteiger partial charge on any atom is -0.349 e. The zero-order valence-corrected chi connectivity index (χ0v) is 14.0. The summed E-state index contributed by atoms with van der Waals surface area (Å²) in [5.74, 6) is 0.114. The molecule has 1 atom stereocenters. The number of nitrogens with zero attached hydrogens (tertiary/aromatic N) is 3. The predicted octanol–water partition coefficient (Wildman–Crippen LogP) is 3.90. The predicted molar refractivity (Wildman–Crippen MR) is 95.6 cm³/mol. The number of benzene rings is 2. The van der Waals surface area contributed by atoms with E-state index in [0.717, 1.165) is 39.4 Å². The van der Waals surface area contributed by atoms with Crippen molar-refractivity contribution in [3.05, 3.63) is 64.8 Å². The summed E-state index contributed by atoms with van der Waals surface area (Å²) in [5.41, 5.74) is 4.05. The molecule has 1 amide bonds. The lowest BCUT2D eigenvalue weighted by atomic mass is 10.0. The van der Waals surface area contributed by atoms with E-state index in [1.807, 2.05) is 47.4 Å². The fourth-order valence-corrected chi connectivity index (χ4v) is 4.24. The number of aromatic nitrogens is 1. The zero-order valence-electron chi connectivity index (χ0n) is 13.2. The summed E-state index contributed by atoms with van der Waals surface area (Å²) in [4.78, 5) is 17.1. The maximum absolute atomic E-state index is 12.9. The van der Waals surface area contributed by atoms with Gasteiger partial charge in [0, 0.05) is 36.1 Å². The van der Waals surface area contributed by atoms with Crippen LogP contribution in [0, 0.1) is 0 Å². The van der Waals surface area contributed by atoms with E-state index in [9.17, 15) is 4.79 Å². The summed E-state index contributed by atoms with van der Waals surface area (Å²) in [7, 11) is 2.06. The molecule has 0 saturated heterocycles. The molecule has 3 aromatic rings. The topological polar surface area (TPSA) is 28.5 Å². The van der Waals surface area contributed by atoms with Gasteiger partial charge in [-0.15, -0.1) is 0 Å². The maximum Gasteiger partial charge on any atom is 0.257 e. The molecular weight excluding hydrogens is 322 g/mol. The van der Waals surface area contributed by atoms with E-state index in [4.69, 9.17) is 11.6 Å². The number of carbonyl (C=O) groups is 1. The number of hydrogen-bond donors (Lipinski definition) is 0. The van der Waals surface area contributed by atoms with Crippen LogP contribution in [-0.4, -0.2) is 29.0 Å². The number of hydrogen-bond acceptors (Lipinski definition) is 2. The van der Waals surface area contributed by atoms with Gasteiger partial charge in [0.25, 0.3) is 5.91 Å². The Bertz CT molecular complexity index is 993. The molecule has 2 aliphatic heterocycles. The second kappa shape index (κ2) is 4.77. The maximum atomic E-state index is 12.9. The van der Waals surface area contributed by atoms with Crippen LogP contribution < -0.4 is 4.90 Å². The lowest BCUT2D eigenvalue weighted by molar-refractivity contribution is 0.0602. The van der Waals surface area contributed by atoms with Gasteiger partial charge in [0.15, 0.2) is 0 Å². The Labute approximate surface area is 144 Å². The first kappa shape index (κ1) is 13.9.